The Morgan fingerprint density at radius 2 is 2.00 bits per heavy atom. The summed E-state index contributed by atoms with van der Waals surface area (Å²) >= 11 is 0. The zero-order chi connectivity index (χ0) is 15.7. The average molecular weight is 300 g/mol. The van der Waals surface area contributed by atoms with Crippen LogP contribution in [-0.2, 0) is 5.41 Å². The number of likely N-dealkylation sites (tertiary alicyclic amines) is 1. The summed E-state index contributed by atoms with van der Waals surface area (Å²) < 4.78 is 5.80. The van der Waals surface area contributed by atoms with E-state index in [1.165, 1.54) is 0 Å². The van der Waals surface area contributed by atoms with Gasteiger partial charge in [-0.1, -0.05) is 20.8 Å². The van der Waals surface area contributed by atoms with Crippen LogP contribution >= 0.6 is 0 Å². The van der Waals surface area contributed by atoms with Crippen molar-refractivity contribution in [3.63, 3.8) is 0 Å². The molecule has 0 spiro atoms. The number of carbonyl (C=O) groups excluding carboxylic acids is 1. The third-order valence-electron chi connectivity index (χ3n) is 3.83. The van der Waals surface area contributed by atoms with Crippen molar-refractivity contribution in [2.24, 2.45) is 0 Å². The van der Waals surface area contributed by atoms with Crippen LogP contribution in [0.1, 0.15) is 55.2 Å². The Hall–Kier alpha value is -2.24. The van der Waals surface area contributed by atoms with E-state index in [1.807, 2.05) is 25.7 Å². The summed E-state index contributed by atoms with van der Waals surface area (Å²) in [5, 5.41) is 8.30. The zero-order valence-electron chi connectivity index (χ0n) is 13.1. The molecule has 1 aliphatic rings. The van der Waals surface area contributed by atoms with Gasteiger partial charge in [-0.2, -0.15) is 0 Å². The molecule has 0 bridgehead atoms. The molecular weight excluding hydrogens is 280 g/mol. The minimum atomic E-state index is -0.156. The summed E-state index contributed by atoms with van der Waals surface area (Å²) in [6, 6.07) is 3.47. The zero-order valence-corrected chi connectivity index (χ0v) is 13.1. The summed E-state index contributed by atoms with van der Waals surface area (Å²) in [4.78, 5) is 18.2. The Morgan fingerprint density at radius 3 is 2.64 bits per heavy atom. The fourth-order valence-corrected chi connectivity index (χ4v) is 2.53. The van der Waals surface area contributed by atoms with Crippen LogP contribution in [-0.4, -0.2) is 39.1 Å². The first-order valence-corrected chi connectivity index (χ1v) is 7.48. The maximum Gasteiger partial charge on any atom is 0.253 e. The van der Waals surface area contributed by atoms with Gasteiger partial charge in [-0.05, 0) is 18.6 Å². The number of rotatable bonds is 2. The number of hydrogen-bond donors (Lipinski definition) is 0. The van der Waals surface area contributed by atoms with Crippen LogP contribution in [0.15, 0.2) is 28.9 Å². The molecule has 6 nitrogen and oxygen atoms in total. The first-order chi connectivity index (χ1) is 10.4. The molecule has 0 aliphatic carbocycles. The molecule has 1 atom stereocenters. The van der Waals surface area contributed by atoms with Crippen LogP contribution < -0.4 is 0 Å². The van der Waals surface area contributed by atoms with Gasteiger partial charge in [0.15, 0.2) is 0 Å². The second kappa shape index (κ2) is 5.51. The lowest BCUT2D eigenvalue weighted by Gasteiger charge is -2.15. The molecule has 0 radical (unpaired) electrons. The summed E-state index contributed by atoms with van der Waals surface area (Å²) in [6.07, 6.45) is 4.12. The lowest BCUT2D eigenvalue weighted by Crippen LogP contribution is -2.28. The normalized spacial score (nSPS) is 18.7. The number of nitrogens with zero attached hydrogens (tertiary/aromatic N) is 4. The monoisotopic (exact) mass is 300 g/mol. The Labute approximate surface area is 129 Å². The Bertz CT molecular complexity index is 660. The molecule has 1 fully saturated rings. The first-order valence-electron chi connectivity index (χ1n) is 7.48. The second-order valence-electron chi connectivity index (χ2n) is 6.67. The van der Waals surface area contributed by atoms with Crippen LogP contribution in [0.4, 0.5) is 0 Å². The lowest BCUT2D eigenvalue weighted by molar-refractivity contribution is 0.0789. The van der Waals surface area contributed by atoms with Gasteiger partial charge in [0, 0.05) is 36.5 Å². The number of aromatic nitrogens is 3. The summed E-state index contributed by atoms with van der Waals surface area (Å²) in [5.41, 5.74) is 0.507. The maximum absolute atomic E-state index is 12.4. The molecule has 3 rings (SSSR count). The van der Waals surface area contributed by atoms with Crippen molar-refractivity contribution in [1.82, 2.24) is 20.1 Å². The molecule has 1 aliphatic heterocycles. The highest BCUT2D eigenvalue weighted by Crippen LogP contribution is 2.29. The molecule has 116 valence electrons. The maximum atomic E-state index is 12.4. The molecular formula is C16H20N4O2. The van der Waals surface area contributed by atoms with Crippen molar-refractivity contribution in [3.05, 3.63) is 41.9 Å². The Balaban J connectivity index is 1.70. The van der Waals surface area contributed by atoms with Crippen LogP contribution in [0.3, 0.4) is 0 Å². The molecule has 2 aromatic rings. The highest BCUT2D eigenvalue weighted by atomic mass is 16.4. The van der Waals surface area contributed by atoms with E-state index in [2.05, 4.69) is 15.2 Å². The van der Waals surface area contributed by atoms with Crippen molar-refractivity contribution in [2.45, 2.75) is 38.5 Å². The van der Waals surface area contributed by atoms with E-state index in [9.17, 15) is 4.79 Å². The molecule has 0 N–H and O–H groups in total. The van der Waals surface area contributed by atoms with Crippen molar-refractivity contribution in [1.29, 1.82) is 0 Å². The lowest BCUT2D eigenvalue weighted by atomic mass is 9.97. The van der Waals surface area contributed by atoms with Crippen LogP contribution in [0.2, 0.25) is 0 Å². The quantitative estimate of drug-likeness (QED) is 0.851. The average Bonchev–Trinajstić information content (AvgIpc) is 3.15. The van der Waals surface area contributed by atoms with E-state index in [0.717, 1.165) is 6.42 Å². The van der Waals surface area contributed by atoms with E-state index in [1.54, 1.807) is 24.5 Å². The van der Waals surface area contributed by atoms with Crippen molar-refractivity contribution < 1.29 is 9.21 Å². The molecule has 1 amide bonds. The Kier molecular flexibility index (Phi) is 3.68. The Morgan fingerprint density at radius 1 is 1.27 bits per heavy atom. The SMILES string of the molecule is CC(C)(C)c1nnc([C@H]2CCN(C(=O)c3ccncc3)C2)o1. The highest BCUT2D eigenvalue weighted by Gasteiger charge is 2.32. The fraction of sp³-hybridized carbons (Fsp3) is 0.500. The van der Waals surface area contributed by atoms with Gasteiger partial charge in [0.2, 0.25) is 11.8 Å². The van der Waals surface area contributed by atoms with Gasteiger partial charge in [0.05, 0.1) is 5.92 Å². The fourth-order valence-electron chi connectivity index (χ4n) is 2.53. The van der Waals surface area contributed by atoms with Gasteiger partial charge in [-0.15, -0.1) is 10.2 Å². The topological polar surface area (TPSA) is 72.1 Å². The molecule has 0 aromatic carbocycles. The molecule has 6 heteroatoms. The third kappa shape index (κ3) is 2.86. The van der Waals surface area contributed by atoms with Crippen LogP contribution in [0, 0.1) is 0 Å². The standard InChI is InChI=1S/C16H20N4O2/c1-16(2,3)15-19-18-13(22-15)12-6-9-20(10-12)14(21)11-4-7-17-8-5-11/h4-5,7-8,12H,6,9-10H2,1-3H3/t12-/m0/s1. The number of hydrogen-bond acceptors (Lipinski definition) is 5. The molecule has 0 unspecified atom stereocenters. The van der Waals surface area contributed by atoms with Crippen molar-refractivity contribution in [3.8, 4) is 0 Å². The van der Waals surface area contributed by atoms with Gasteiger partial charge in [-0.25, -0.2) is 0 Å². The van der Waals surface area contributed by atoms with E-state index in [-0.39, 0.29) is 17.2 Å². The van der Waals surface area contributed by atoms with E-state index in [0.29, 0.717) is 30.4 Å². The van der Waals surface area contributed by atoms with Crippen molar-refractivity contribution in [2.75, 3.05) is 13.1 Å². The summed E-state index contributed by atoms with van der Waals surface area (Å²) in [6.45, 7) is 7.45. The number of amides is 1. The van der Waals surface area contributed by atoms with Gasteiger partial charge in [-0.3, -0.25) is 9.78 Å². The third-order valence-corrected chi connectivity index (χ3v) is 3.83. The van der Waals surface area contributed by atoms with E-state index in [4.69, 9.17) is 4.42 Å². The summed E-state index contributed by atoms with van der Waals surface area (Å²) in [7, 11) is 0. The number of pyridine rings is 1. The minimum absolute atomic E-state index is 0.0282. The van der Waals surface area contributed by atoms with Gasteiger partial charge in [0.25, 0.3) is 5.91 Å². The molecule has 2 aromatic heterocycles. The number of carbonyl (C=O) groups is 1. The van der Waals surface area contributed by atoms with Gasteiger partial charge >= 0.3 is 0 Å². The molecule has 0 saturated carbocycles. The van der Waals surface area contributed by atoms with Crippen molar-refractivity contribution >= 4 is 5.91 Å². The largest absolute Gasteiger partial charge is 0.424 e. The van der Waals surface area contributed by atoms with Gasteiger partial charge < -0.3 is 9.32 Å². The molecule has 22 heavy (non-hydrogen) atoms. The highest BCUT2D eigenvalue weighted by molar-refractivity contribution is 5.94. The smallest absolute Gasteiger partial charge is 0.253 e. The molecule has 3 heterocycles. The first kappa shape index (κ1) is 14.7. The van der Waals surface area contributed by atoms with Gasteiger partial charge in [0.1, 0.15) is 0 Å². The van der Waals surface area contributed by atoms with Crippen LogP contribution in [0.5, 0.6) is 0 Å². The summed E-state index contributed by atoms with van der Waals surface area (Å²) in [5.74, 6) is 1.42. The second-order valence-corrected chi connectivity index (χ2v) is 6.67. The predicted octanol–water partition coefficient (Wildman–Crippen LogP) is 2.39. The predicted molar refractivity (Wildman–Crippen MR) is 80.5 cm³/mol. The van der Waals surface area contributed by atoms with E-state index < -0.39 is 0 Å². The minimum Gasteiger partial charge on any atom is -0.424 e. The van der Waals surface area contributed by atoms with Crippen LogP contribution in [0.25, 0.3) is 0 Å². The van der Waals surface area contributed by atoms with E-state index >= 15 is 0 Å². The molecule has 1 saturated heterocycles.